The van der Waals surface area contributed by atoms with E-state index in [0.29, 0.717) is 11.4 Å². The molecule has 156 valence electrons. The summed E-state index contributed by atoms with van der Waals surface area (Å²) in [6.07, 6.45) is 3.90. The van der Waals surface area contributed by atoms with Gasteiger partial charge < -0.3 is 19.8 Å². The van der Waals surface area contributed by atoms with Gasteiger partial charge in [0.1, 0.15) is 17.4 Å². The maximum Gasteiger partial charge on any atom is 0.258 e. The zero-order valence-electron chi connectivity index (χ0n) is 17.0. The number of imidazole rings is 1. The van der Waals surface area contributed by atoms with Gasteiger partial charge in [-0.1, -0.05) is 36.4 Å². The van der Waals surface area contributed by atoms with Crippen molar-refractivity contribution in [3.8, 4) is 17.0 Å². The first-order valence-electron chi connectivity index (χ1n) is 9.91. The SMILES string of the molecule is C[C@H](NC(=O)COc1ccccc1)C(=O)Nc1ccc(-c2cn3ccccc3n2)cc1. The number of hydrogen-bond donors (Lipinski definition) is 2. The average Bonchev–Trinajstić information content (AvgIpc) is 3.23. The monoisotopic (exact) mass is 414 g/mol. The molecule has 0 aliphatic heterocycles. The zero-order valence-corrected chi connectivity index (χ0v) is 17.0. The Morgan fingerprint density at radius 3 is 2.48 bits per heavy atom. The fraction of sp³-hybridized carbons (Fsp3) is 0.125. The van der Waals surface area contributed by atoms with Gasteiger partial charge in [-0.25, -0.2) is 4.98 Å². The minimum Gasteiger partial charge on any atom is -0.484 e. The Morgan fingerprint density at radius 2 is 1.74 bits per heavy atom. The molecule has 0 saturated carbocycles. The normalized spacial score (nSPS) is 11.6. The zero-order chi connectivity index (χ0) is 21.6. The predicted octanol–water partition coefficient (Wildman–Crippen LogP) is 3.52. The Hall–Kier alpha value is -4.13. The molecule has 1 atom stereocenters. The van der Waals surface area contributed by atoms with Crippen molar-refractivity contribution in [3.05, 3.63) is 85.2 Å². The van der Waals surface area contributed by atoms with Gasteiger partial charge in [-0.05, 0) is 43.3 Å². The van der Waals surface area contributed by atoms with Crippen molar-refractivity contribution in [1.29, 1.82) is 0 Å². The molecule has 4 rings (SSSR count). The number of fused-ring (bicyclic) bond motifs is 1. The van der Waals surface area contributed by atoms with Crippen molar-refractivity contribution in [1.82, 2.24) is 14.7 Å². The molecule has 2 heterocycles. The van der Waals surface area contributed by atoms with Crippen LogP contribution >= 0.6 is 0 Å². The van der Waals surface area contributed by atoms with E-state index in [9.17, 15) is 9.59 Å². The molecule has 4 aromatic rings. The van der Waals surface area contributed by atoms with Gasteiger partial charge in [-0.15, -0.1) is 0 Å². The minimum absolute atomic E-state index is 0.157. The van der Waals surface area contributed by atoms with Gasteiger partial charge in [0.05, 0.1) is 5.69 Å². The highest BCUT2D eigenvalue weighted by molar-refractivity contribution is 5.97. The number of aromatic nitrogens is 2. The summed E-state index contributed by atoms with van der Waals surface area (Å²) in [6, 6.07) is 21.6. The van der Waals surface area contributed by atoms with Gasteiger partial charge in [0.25, 0.3) is 5.91 Å². The largest absolute Gasteiger partial charge is 0.484 e. The molecular weight excluding hydrogens is 392 g/mol. The lowest BCUT2D eigenvalue weighted by atomic mass is 10.1. The third-order valence-corrected chi connectivity index (χ3v) is 4.70. The van der Waals surface area contributed by atoms with Gasteiger partial charge >= 0.3 is 0 Å². The van der Waals surface area contributed by atoms with Crippen molar-refractivity contribution in [2.24, 2.45) is 0 Å². The Kier molecular flexibility index (Phi) is 5.93. The number of benzene rings is 2. The van der Waals surface area contributed by atoms with Crippen LogP contribution in [0.2, 0.25) is 0 Å². The summed E-state index contributed by atoms with van der Waals surface area (Å²) < 4.78 is 7.35. The van der Waals surface area contributed by atoms with Crippen molar-refractivity contribution in [2.45, 2.75) is 13.0 Å². The topological polar surface area (TPSA) is 84.7 Å². The van der Waals surface area contributed by atoms with E-state index in [1.165, 1.54) is 0 Å². The van der Waals surface area contributed by atoms with Crippen molar-refractivity contribution < 1.29 is 14.3 Å². The lowest BCUT2D eigenvalue weighted by molar-refractivity contribution is -0.127. The number of carbonyl (C=O) groups is 2. The summed E-state index contributed by atoms with van der Waals surface area (Å²) in [5.41, 5.74) is 3.30. The number of anilines is 1. The van der Waals surface area contributed by atoms with Gasteiger partial charge in [0.15, 0.2) is 6.61 Å². The Bertz CT molecular complexity index is 1150. The number of hydrogen-bond acceptors (Lipinski definition) is 4. The van der Waals surface area contributed by atoms with E-state index in [1.54, 1.807) is 19.1 Å². The van der Waals surface area contributed by atoms with Gasteiger partial charge in [0.2, 0.25) is 5.91 Å². The first kappa shape index (κ1) is 20.2. The van der Waals surface area contributed by atoms with Crippen LogP contribution in [-0.4, -0.2) is 33.8 Å². The smallest absolute Gasteiger partial charge is 0.258 e. The maximum atomic E-state index is 12.4. The number of nitrogens with one attached hydrogen (secondary N) is 2. The number of para-hydroxylation sites is 1. The van der Waals surface area contributed by atoms with E-state index >= 15 is 0 Å². The van der Waals surface area contributed by atoms with E-state index in [4.69, 9.17) is 4.74 Å². The number of nitrogens with zero attached hydrogens (tertiary/aromatic N) is 2. The van der Waals surface area contributed by atoms with Gasteiger partial charge in [-0.2, -0.15) is 0 Å². The maximum absolute atomic E-state index is 12.4. The van der Waals surface area contributed by atoms with Crippen LogP contribution in [0.25, 0.3) is 16.9 Å². The molecule has 2 aromatic carbocycles. The number of carbonyl (C=O) groups excluding carboxylic acids is 2. The molecular formula is C24H22N4O3. The summed E-state index contributed by atoms with van der Waals surface area (Å²) in [5.74, 6) is -0.0808. The Morgan fingerprint density at radius 1 is 1.00 bits per heavy atom. The molecule has 7 nitrogen and oxygen atoms in total. The van der Waals surface area contributed by atoms with Crippen LogP contribution < -0.4 is 15.4 Å². The van der Waals surface area contributed by atoms with E-state index < -0.39 is 6.04 Å². The Labute approximate surface area is 179 Å². The van der Waals surface area contributed by atoms with Crippen LogP contribution in [0.1, 0.15) is 6.92 Å². The van der Waals surface area contributed by atoms with Crippen LogP contribution in [-0.2, 0) is 9.59 Å². The molecule has 31 heavy (non-hydrogen) atoms. The van der Waals surface area contributed by atoms with Crippen LogP contribution in [0, 0.1) is 0 Å². The molecule has 0 spiro atoms. The first-order chi connectivity index (χ1) is 15.1. The summed E-state index contributed by atoms with van der Waals surface area (Å²) in [6.45, 7) is 1.47. The van der Waals surface area contributed by atoms with E-state index in [2.05, 4.69) is 15.6 Å². The number of pyridine rings is 1. The predicted molar refractivity (Wildman–Crippen MR) is 119 cm³/mol. The number of ether oxygens (including phenoxy) is 1. The molecule has 2 N–H and O–H groups in total. The second-order valence-electron chi connectivity index (χ2n) is 7.05. The highest BCUT2D eigenvalue weighted by Crippen LogP contribution is 2.21. The Balaban J connectivity index is 1.31. The second-order valence-corrected chi connectivity index (χ2v) is 7.05. The van der Waals surface area contributed by atoms with E-state index in [1.807, 2.05) is 77.5 Å². The lowest BCUT2D eigenvalue weighted by Gasteiger charge is -2.14. The molecule has 2 aromatic heterocycles. The molecule has 2 amide bonds. The molecule has 0 fully saturated rings. The van der Waals surface area contributed by atoms with Crippen molar-refractivity contribution >= 4 is 23.1 Å². The molecule has 0 aliphatic carbocycles. The summed E-state index contributed by atoms with van der Waals surface area (Å²) >= 11 is 0. The van der Waals surface area contributed by atoms with Crippen LogP contribution in [0.4, 0.5) is 5.69 Å². The molecule has 0 radical (unpaired) electrons. The minimum atomic E-state index is -0.704. The molecule has 0 aliphatic rings. The first-order valence-corrected chi connectivity index (χ1v) is 9.91. The van der Waals surface area contributed by atoms with Gasteiger partial charge in [0, 0.05) is 23.6 Å². The fourth-order valence-electron chi connectivity index (χ4n) is 3.06. The molecule has 0 saturated heterocycles. The fourth-order valence-corrected chi connectivity index (χ4v) is 3.06. The van der Waals surface area contributed by atoms with Gasteiger partial charge in [-0.3, -0.25) is 9.59 Å². The van der Waals surface area contributed by atoms with Crippen LogP contribution in [0.5, 0.6) is 5.75 Å². The molecule has 0 bridgehead atoms. The molecule has 0 unspecified atom stereocenters. The third kappa shape index (κ3) is 5.08. The van der Waals surface area contributed by atoms with E-state index in [-0.39, 0.29) is 18.4 Å². The summed E-state index contributed by atoms with van der Waals surface area (Å²) in [7, 11) is 0. The number of amides is 2. The summed E-state index contributed by atoms with van der Waals surface area (Å²) in [4.78, 5) is 29.0. The number of rotatable bonds is 7. The highest BCUT2D eigenvalue weighted by Gasteiger charge is 2.16. The highest BCUT2D eigenvalue weighted by atomic mass is 16.5. The van der Waals surface area contributed by atoms with Crippen molar-refractivity contribution in [2.75, 3.05) is 11.9 Å². The second kappa shape index (κ2) is 9.13. The summed E-state index contributed by atoms with van der Waals surface area (Å²) in [5, 5.41) is 5.44. The average molecular weight is 414 g/mol. The van der Waals surface area contributed by atoms with Crippen LogP contribution in [0.15, 0.2) is 85.2 Å². The quantitative estimate of drug-likeness (QED) is 0.485. The standard InChI is InChI=1S/C24H22N4O3/c1-17(25-23(29)16-31-20-7-3-2-4-8-20)24(30)26-19-12-10-18(11-13-19)21-15-28-14-6-5-9-22(28)27-21/h2-15,17H,16H2,1H3,(H,25,29)(H,26,30)/t17-/m0/s1. The van der Waals surface area contributed by atoms with E-state index in [0.717, 1.165) is 16.9 Å². The molecule has 7 heteroatoms. The van der Waals surface area contributed by atoms with Crippen LogP contribution in [0.3, 0.4) is 0 Å². The van der Waals surface area contributed by atoms with Crippen molar-refractivity contribution in [3.63, 3.8) is 0 Å². The lowest BCUT2D eigenvalue weighted by Crippen LogP contribution is -2.43. The third-order valence-electron chi connectivity index (χ3n) is 4.70.